The van der Waals surface area contributed by atoms with Crippen LogP contribution in [0.4, 0.5) is 24.5 Å². The average Bonchev–Trinajstić information content (AvgIpc) is 2.47. The zero-order valence-electron chi connectivity index (χ0n) is 11.1. The molecule has 2 rings (SSSR count). The number of carbonyl (C=O) groups is 1. The minimum Gasteiger partial charge on any atom is -0.478 e. The molecule has 0 atom stereocenters. The van der Waals surface area contributed by atoms with Crippen LogP contribution in [0.2, 0.25) is 0 Å². The van der Waals surface area contributed by atoms with Gasteiger partial charge in [-0.25, -0.2) is 4.79 Å². The summed E-state index contributed by atoms with van der Waals surface area (Å²) in [5, 5.41) is 19.0. The number of carboxylic acids is 1. The van der Waals surface area contributed by atoms with E-state index in [1.165, 1.54) is 30.3 Å². The number of carboxylic acid groups (broad SMARTS) is 1. The number of aromatic carboxylic acids is 1. The Hall–Kier alpha value is -2.83. The van der Waals surface area contributed by atoms with Crippen molar-refractivity contribution in [3.63, 3.8) is 0 Å². The lowest BCUT2D eigenvalue weighted by Crippen LogP contribution is -2.05. The highest BCUT2D eigenvalue weighted by Gasteiger charge is 2.29. The second-order valence-corrected chi connectivity index (χ2v) is 4.45. The smallest absolute Gasteiger partial charge is 0.416 e. The molecule has 0 saturated heterocycles. The maximum absolute atomic E-state index is 12.5. The largest absolute Gasteiger partial charge is 0.478 e. The third-order valence-electron chi connectivity index (χ3n) is 2.95. The molecule has 2 aromatic rings. The number of halogens is 3. The van der Waals surface area contributed by atoms with Gasteiger partial charge in [0.1, 0.15) is 0 Å². The number of anilines is 2. The van der Waals surface area contributed by atoms with Crippen LogP contribution in [-0.4, -0.2) is 17.3 Å². The van der Waals surface area contributed by atoms with Crippen LogP contribution in [0.1, 0.15) is 21.5 Å². The van der Waals surface area contributed by atoms with E-state index < -0.39 is 17.7 Å². The van der Waals surface area contributed by atoms with E-state index in [-0.39, 0.29) is 5.56 Å². The van der Waals surface area contributed by atoms with Crippen molar-refractivity contribution in [2.75, 3.05) is 5.32 Å². The van der Waals surface area contributed by atoms with Crippen LogP contribution < -0.4 is 5.32 Å². The van der Waals surface area contributed by atoms with Gasteiger partial charge in [-0.05, 0) is 42.5 Å². The Kier molecular flexibility index (Phi) is 4.16. The predicted octanol–water partition coefficient (Wildman–Crippen LogP) is 4.14. The molecule has 0 aliphatic rings. The van der Waals surface area contributed by atoms with E-state index in [0.29, 0.717) is 16.9 Å². The van der Waals surface area contributed by atoms with Gasteiger partial charge in [0.05, 0.1) is 11.1 Å². The van der Waals surface area contributed by atoms with Crippen molar-refractivity contribution in [3.8, 4) is 0 Å². The minimum atomic E-state index is -4.40. The summed E-state index contributed by atoms with van der Waals surface area (Å²) in [5.41, 5.74) is 0.418. The van der Waals surface area contributed by atoms with Crippen LogP contribution in [0.25, 0.3) is 0 Å². The van der Waals surface area contributed by atoms with Gasteiger partial charge < -0.3 is 15.8 Å². The molecule has 0 saturated carbocycles. The standard InChI is InChI=1S/C15H11F3N2O2/c16-15(17,18)11-2-4-12(5-3-11)20-13-6-1-9(14(21)22)7-10(13)8-19/h1-8,19-20H,(H,21,22). The molecule has 0 unspecified atom stereocenters. The van der Waals surface area contributed by atoms with Gasteiger partial charge in [-0.3, -0.25) is 0 Å². The monoisotopic (exact) mass is 308 g/mol. The van der Waals surface area contributed by atoms with Gasteiger partial charge >= 0.3 is 12.1 Å². The second-order valence-electron chi connectivity index (χ2n) is 4.45. The van der Waals surface area contributed by atoms with E-state index in [1.54, 1.807) is 0 Å². The predicted molar refractivity (Wildman–Crippen MR) is 76.0 cm³/mol. The Bertz CT molecular complexity index is 710. The molecular weight excluding hydrogens is 297 g/mol. The summed E-state index contributed by atoms with van der Waals surface area (Å²) >= 11 is 0. The van der Waals surface area contributed by atoms with E-state index in [1.807, 2.05) is 0 Å². The van der Waals surface area contributed by atoms with Crippen LogP contribution >= 0.6 is 0 Å². The first-order valence-corrected chi connectivity index (χ1v) is 6.13. The summed E-state index contributed by atoms with van der Waals surface area (Å²) in [6.07, 6.45) is -3.43. The molecule has 2 aromatic carbocycles. The second kappa shape index (κ2) is 5.88. The van der Waals surface area contributed by atoms with Gasteiger partial charge in [0.25, 0.3) is 0 Å². The van der Waals surface area contributed by atoms with Gasteiger partial charge in [-0.1, -0.05) is 0 Å². The number of hydrogen-bond acceptors (Lipinski definition) is 3. The highest BCUT2D eigenvalue weighted by molar-refractivity contribution is 5.94. The summed E-state index contributed by atoms with van der Waals surface area (Å²) in [4.78, 5) is 10.9. The van der Waals surface area contributed by atoms with E-state index in [4.69, 9.17) is 10.5 Å². The van der Waals surface area contributed by atoms with E-state index in [0.717, 1.165) is 18.3 Å². The molecule has 0 aromatic heterocycles. The van der Waals surface area contributed by atoms with E-state index in [2.05, 4.69) is 5.32 Å². The molecule has 0 radical (unpaired) electrons. The lowest BCUT2D eigenvalue weighted by Gasteiger charge is -2.12. The van der Waals surface area contributed by atoms with Gasteiger partial charge in [0.15, 0.2) is 0 Å². The summed E-state index contributed by atoms with van der Waals surface area (Å²) in [5.74, 6) is -1.12. The molecule has 3 N–H and O–H groups in total. The van der Waals surface area contributed by atoms with Crippen molar-refractivity contribution in [2.45, 2.75) is 6.18 Å². The van der Waals surface area contributed by atoms with Gasteiger partial charge in [0.2, 0.25) is 0 Å². The summed E-state index contributed by atoms with van der Waals surface area (Å²) < 4.78 is 37.4. The number of hydrogen-bond donors (Lipinski definition) is 3. The van der Waals surface area contributed by atoms with E-state index in [9.17, 15) is 18.0 Å². The lowest BCUT2D eigenvalue weighted by atomic mass is 10.1. The Morgan fingerprint density at radius 1 is 1.14 bits per heavy atom. The van der Waals surface area contributed by atoms with Crippen LogP contribution in [0.15, 0.2) is 42.5 Å². The highest BCUT2D eigenvalue weighted by Crippen LogP contribution is 2.30. The highest BCUT2D eigenvalue weighted by atomic mass is 19.4. The van der Waals surface area contributed by atoms with Crippen LogP contribution in [-0.2, 0) is 6.18 Å². The average molecular weight is 308 g/mol. The molecule has 22 heavy (non-hydrogen) atoms. The maximum Gasteiger partial charge on any atom is 0.416 e. The molecule has 0 bridgehead atoms. The van der Waals surface area contributed by atoms with Crippen LogP contribution in [0, 0.1) is 5.41 Å². The summed E-state index contributed by atoms with van der Waals surface area (Å²) in [7, 11) is 0. The summed E-state index contributed by atoms with van der Waals surface area (Å²) in [6, 6.07) is 8.53. The fourth-order valence-corrected chi connectivity index (χ4v) is 1.83. The zero-order valence-corrected chi connectivity index (χ0v) is 11.1. The molecule has 114 valence electrons. The lowest BCUT2D eigenvalue weighted by molar-refractivity contribution is -0.137. The molecule has 7 heteroatoms. The maximum atomic E-state index is 12.5. The van der Waals surface area contributed by atoms with Crippen molar-refractivity contribution < 1.29 is 23.1 Å². The van der Waals surface area contributed by atoms with E-state index >= 15 is 0 Å². The molecule has 0 heterocycles. The number of rotatable bonds is 4. The van der Waals surface area contributed by atoms with Crippen LogP contribution in [0.5, 0.6) is 0 Å². The first-order chi connectivity index (χ1) is 10.3. The number of nitrogens with one attached hydrogen (secondary N) is 2. The summed E-state index contributed by atoms with van der Waals surface area (Å²) in [6.45, 7) is 0. The molecule has 0 spiro atoms. The number of benzene rings is 2. The third-order valence-corrected chi connectivity index (χ3v) is 2.95. The minimum absolute atomic E-state index is 0.0245. The van der Waals surface area contributed by atoms with Gasteiger partial charge in [-0.15, -0.1) is 0 Å². The molecule has 0 aliphatic heterocycles. The third kappa shape index (κ3) is 3.43. The molecule has 0 amide bonds. The van der Waals surface area contributed by atoms with Crippen molar-refractivity contribution in [1.29, 1.82) is 5.41 Å². The molecule has 4 nitrogen and oxygen atoms in total. The van der Waals surface area contributed by atoms with Crippen LogP contribution in [0.3, 0.4) is 0 Å². The van der Waals surface area contributed by atoms with Gasteiger partial charge in [-0.2, -0.15) is 13.2 Å². The molecule has 0 fully saturated rings. The first kappa shape index (κ1) is 15.6. The Morgan fingerprint density at radius 2 is 1.77 bits per heavy atom. The molecular formula is C15H11F3N2O2. The van der Waals surface area contributed by atoms with Crippen molar-refractivity contribution in [3.05, 3.63) is 59.2 Å². The zero-order chi connectivity index (χ0) is 16.3. The Morgan fingerprint density at radius 3 is 2.27 bits per heavy atom. The van der Waals surface area contributed by atoms with Crippen molar-refractivity contribution in [2.24, 2.45) is 0 Å². The van der Waals surface area contributed by atoms with Gasteiger partial charge in [0, 0.05) is 23.2 Å². The number of alkyl halides is 3. The Labute approximate surface area is 123 Å². The molecule has 0 aliphatic carbocycles. The quantitative estimate of drug-likeness (QED) is 0.743. The van der Waals surface area contributed by atoms with Crippen molar-refractivity contribution in [1.82, 2.24) is 0 Å². The SMILES string of the molecule is N=Cc1cc(C(=O)O)ccc1Nc1ccc(C(F)(F)F)cc1. The fraction of sp³-hybridized carbons (Fsp3) is 0.0667. The normalized spacial score (nSPS) is 11.0. The topological polar surface area (TPSA) is 73.2 Å². The fourth-order valence-electron chi connectivity index (χ4n) is 1.83. The first-order valence-electron chi connectivity index (χ1n) is 6.13. The Balaban J connectivity index is 2.27. The van der Waals surface area contributed by atoms with Crippen molar-refractivity contribution >= 4 is 23.6 Å².